The molecular weight excluding hydrogens is 390 g/mol. The monoisotopic (exact) mass is 405 g/mol. The van der Waals surface area contributed by atoms with E-state index in [1.165, 1.54) is 18.4 Å². The lowest BCUT2D eigenvalue weighted by Crippen LogP contribution is -2.23. The summed E-state index contributed by atoms with van der Waals surface area (Å²) in [5.74, 6) is -1.51. The number of aryl methyl sites for hydroxylation is 1. The van der Waals surface area contributed by atoms with Crippen LogP contribution in [0.3, 0.4) is 0 Å². The van der Waals surface area contributed by atoms with E-state index in [1.807, 2.05) is 0 Å². The smallest absolute Gasteiger partial charge is 0.238 e. The maximum Gasteiger partial charge on any atom is 0.238 e. The number of amides is 1. The molecule has 0 bridgehead atoms. The van der Waals surface area contributed by atoms with E-state index >= 15 is 0 Å². The van der Waals surface area contributed by atoms with Crippen LogP contribution >= 0.6 is 11.6 Å². The standard InChI is InChI=1S/C18H16ClN3O4S/c1-10-9-26-18(22-10)13-7-6-11(8-15(13)27(21,24)25)16(17(20)23)12-4-2-3-5-14(12)19/h2-9,16H,1H3,(H2,20,23)(H2,21,24,25). The lowest BCUT2D eigenvalue weighted by molar-refractivity contribution is -0.118. The molecule has 140 valence electrons. The first kappa shape index (κ1) is 19.1. The molecule has 0 aliphatic carbocycles. The number of hydrogen-bond donors (Lipinski definition) is 2. The maximum atomic E-state index is 12.1. The zero-order valence-corrected chi connectivity index (χ0v) is 15.8. The summed E-state index contributed by atoms with van der Waals surface area (Å²) in [6, 6.07) is 11.0. The zero-order valence-electron chi connectivity index (χ0n) is 14.2. The molecule has 1 atom stereocenters. The topological polar surface area (TPSA) is 129 Å². The first-order chi connectivity index (χ1) is 12.7. The highest BCUT2D eigenvalue weighted by Crippen LogP contribution is 2.34. The van der Waals surface area contributed by atoms with E-state index < -0.39 is 21.8 Å². The van der Waals surface area contributed by atoms with Crippen molar-refractivity contribution in [1.82, 2.24) is 4.98 Å². The summed E-state index contributed by atoms with van der Waals surface area (Å²) in [4.78, 5) is 16.0. The molecule has 27 heavy (non-hydrogen) atoms. The molecule has 4 N–H and O–H groups in total. The molecule has 2 aromatic carbocycles. The molecule has 3 aromatic rings. The van der Waals surface area contributed by atoms with Crippen molar-refractivity contribution in [3.05, 3.63) is 70.6 Å². The summed E-state index contributed by atoms with van der Waals surface area (Å²) in [6.07, 6.45) is 1.39. The van der Waals surface area contributed by atoms with E-state index in [0.717, 1.165) is 0 Å². The van der Waals surface area contributed by atoms with Crippen molar-refractivity contribution in [2.75, 3.05) is 0 Å². The van der Waals surface area contributed by atoms with E-state index in [0.29, 0.717) is 21.8 Å². The number of nitrogens with two attached hydrogens (primary N) is 2. The molecule has 9 heteroatoms. The van der Waals surface area contributed by atoms with Crippen LogP contribution in [0.15, 0.2) is 58.0 Å². The lowest BCUT2D eigenvalue weighted by Gasteiger charge is -2.17. The van der Waals surface area contributed by atoms with Crippen LogP contribution in [0.1, 0.15) is 22.7 Å². The Balaban J connectivity index is 2.22. The van der Waals surface area contributed by atoms with Gasteiger partial charge in [0.15, 0.2) is 0 Å². The summed E-state index contributed by atoms with van der Waals surface area (Å²) in [5, 5.41) is 5.71. The van der Waals surface area contributed by atoms with Crippen molar-refractivity contribution >= 4 is 27.5 Å². The summed E-state index contributed by atoms with van der Waals surface area (Å²) < 4.78 is 29.6. The number of hydrogen-bond acceptors (Lipinski definition) is 5. The third kappa shape index (κ3) is 3.87. The Bertz CT molecular complexity index is 1130. The van der Waals surface area contributed by atoms with Gasteiger partial charge in [0.25, 0.3) is 0 Å². The van der Waals surface area contributed by atoms with E-state index in [1.54, 1.807) is 37.3 Å². The lowest BCUT2D eigenvalue weighted by atomic mass is 9.90. The Morgan fingerprint density at radius 2 is 1.93 bits per heavy atom. The van der Waals surface area contributed by atoms with Gasteiger partial charge in [-0.15, -0.1) is 0 Å². The zero-order chi connectivity index (χ0) is 19.8. The minimum atomic E-state index is -4.13. The van der Waals surface area contributed by atoms with Crippen LogP contribution in [0.4, 0.5) is 0 Å². The molecule has 1 unspecified atom stereocenters. The fraction of sp³-hybridized carbons (Fsp3) is 0.111. The second-order valence-corrected chi connectivity index (χ2v) is 7.89. The van der Waals surface area contributed by atoms with Crippen LogP contribution in [0, 0.1) is 6.92 Å². The predicted molar refractivity (Wildman–Crippen MR) is 101 cm³/mol. The highest BCUT2D eigenvalue weighted by Gasteiger charge is 2.26. The molecule has 0 saturated heterocycles. The minimum absolute atomic E-state index is 0.108. The SMILES string of the molecule is Cc1coc(-c2ccc(C(C(N)=O)c3ccccc3Cl)cc2S(N)(=O)=O)n1. The number of rotatable bonds is 5. The number of carbonyl (C=O) groups is 1. The van der Waals surface area contributed by atoms with Crippen molar-refractivity contribution in [1.29, 1.82) is 0 Å². The number of oxazole rings is 1. The molecule has 0 aliphatic heterocycles. The third-order valence-corrected chi connectivity index (χ3v) is 5.29. The first-order valence-electron chi connectivity index (χ1n) is 7.81. The van der Waals surface area contributed by atoms with Crippen molar-refractivity contribution in [2.24, 2.45) is 10.9 Å². The van der Waals surface area contributed by atoms with E-state index in [4.69, 9.17) is 26.9 Å². The van der Waals surface area contributed by atoms with E-state index in [-0.39, 0.29) is 16.3 Å². The number of primary sulfonamides is 1. The van der Waals surface area contributed by atoms with Crippen LogP contribution in [0.5, 0.6) is 0 Å². The van der Waals surface area contributed by atoms with Gasteiger partial charge in [0.05, 0.1) is 22.1 Å². The molecule has 0 fully saturated rings. The summed E-state index contributed by atoms with van der Waals surface area (Å²) in [6.45, 7) is 1.71. The van der Waals surface area contributed by atoms with E-state index in [9.17, 15) is 13.2 Å². The fourth-order valence-corrected chi connectivity index (χ4v) is 3.82. The van der Waals surface area contributed by atoms with Crippen molar-refractivity contribution < 1.29 is 17.6 Å². The van der Waals surface area contributed by atoms with Gasteiger partial charge in [0.1, 0.15) is 6.26 Å². The third-order valence-electron chi connectivity index (χ3n) is 4.00. The average molecular weight is 406 g/mol. The summed E-state index contributed by atoms with van der Waals surface area (Å²) in [7, 11) is -4.13. The Morgan fingerprint density at radius 3 is 2.48 bits per heavy atom. The molecule has 1 amide bonds. The molecule has 3 rings (SSSR count). The van der Waals surface area contributed by atoms with Gasteiger partial charge in [0, 0.05) is 5.02 Å². The van der Waals surface area contributed by atoms with Gasteiger partial charge >= 0.3 is 0 Å². The molecule has 7 nitrogen and oxygen atoms in total. The molecular formula is C18H16ClN3O4S. The first-order valence-corrected chi connectivity index (χ1v) is 9.74. The van der Waals surface area contributed by atoms with Crippen molar-refractivity contribution in [3.8, 4) is 11.5 Å². The Kier molecular flexibility index (Phi) is 5.05. The normalized spacial score (nSPS) is 12.7. The molecule has 0 radical (unpaired) electrons. The van der Waals surface area contributed by atoms with Crippen LogP contribution in [-0.2, 0) is 14.8 Å². The van der Waals surface area contributed by atoms with Gasteiger partial charge in [-0.1, -0.05) is 35.9 Å². The molecule has 0 spiro atoms. The number of benzene rings is 2. The second-order valence-electron chi connectivity index (χ2n) is 5.95. The number of aromatic nitrogens is 1. The van der Waals surface area contributed by atoms with Crippen LogP contribution in [-0.4, -0.2) is 19.3 Å². The van der Waals surface area contributed by atoms with Crippen LogP contribution < -0.4 is 10.9 Å². The summed E-state index contributed by atoms with van der Waals surface area (Å²) in [5.41, 5.74) is 7.15. The molecule has 1 heterocycles. The highest BCUT2D eigenvalue weighted by atomic mass is 35.5. The van der Waals surface area contributed by atoms with Gasteiger partial charge in [-0.3, -0.25) is 4.79 Å². The van der Waals surface area contributed by atoms with Gasteiger partial charge in [-0.05, 0) is 36.2 Å². The maximum absolute atomic E-state index is 12.1. The predicted octanol–water partition coefficient (Wildman–Crippen LogP) is 2.57. The van der Waals surface area contributed by atoms with Crippen LogP contribution in [0.2, 0.25) is 5.02 Å². The number of nitrogens with zero attached hydrogens (tertiary/aromatic N) is 1. The Labute approximate surface area is 161 Å². The highest BCUT2D eigenvalue weighted by molar-refractivity contribution is 7.89. The number of carbonyl (C=O) groups excluding carboxylic acids is 1. The second kappa shape index (κ2) is 7.15. The Morgan fingerprint density at radius 1 is 1.22 bits per heavy atom. The van der Waals surface area contributed by atoms with Gasteiger partial charge < -0.3 is 10.2 Å². The number of halogens is 1. The van der Waals surface area contributed by atoms with Crippen molar-refractivity contribution in [3.63, 3.8) is 0 Å². The van der Waals surface area contributed by atoms with E-state index in [2.05, 4.69) is 4.98 Å². The quantitative estimate of drug-likeness (QED) is 0.673. The van der Waals surface area contributed by atoms with Crippen LogP contribution in [0.25, 0.3) is 11.5 Å². The number of primary amides is 1. The van der Waals surface area contributed by atoms with Crippen molar-refractivity contribution in [2.45, 2.75) is 17.7 Å². The van der Waals surface area contributed by atoms with Gasteiger partial charge in [-0.25, -0.2) is 18.5 Å². The summed E-state index contributed by atoms with van der Waals surface area (Å²) >= 11 is 6.20. The molecule has 0 aliphatic rings. The average Bonchev–Trinajstić information content (AvgIpc) is 3.02. The van der Waals surface area contributed by atoms with Gasteiger partial charge in [-0.2, -0.15) is 0 Å². The fourth-order valence-electron chi connectivity index (χ4n) is 2.81. The largest absolute Gasteiger partial charge is 0.444 e. The number of sulfonamides is 1. The molecule has 1 aromatic heterocycles. The molecule has 0 saturated carbocycles. The minimum Gasteiger partial charge on any atom is -0.444 e. The van der Waals surface area contributed by atoms with Gasteiger partial charge in [0.2, 0.25) is 21.8 Å². The Hall–Kier alpha value is -2.68.